The van der Waals surface area contributed by atoms with E-state index in [9.17, 15) is 27.0 Å². The number of anilines is 1. The molecule has 1 saturated heterocycles. The van der Waals surface area contributed by atoms with Crippen molar-refractivity contribution in [1.29, 1.82) is 0 Å². The molecule has 0 aromatic heterocycles. The van der Waals surface area contributed by atoms with Gasteiger partial charge in [-0.05, 0) is 28.1 Å². The van der Waals surface area contributed by atoms with Crippen LogP contribution in [0.5, 0.6) is 0 Å². The lowest BCUT2D eigenvalue weighted by Crippen LogP contribution is -2.29. The molecule has 1 aliphatic heterocycles. The molecule has 1 amide bonds. The zero-order chi connectivity index (χ0) is 15.9. The summed E-state index contributed by atoms with van der Waals surface area (Å²) in [7, 11) is -4.88. The first kappa shape index (κ1) is 16.2. The number of carbonyl (C=O) groups excluding carboxylic acids is 1. The number of benzene rings is 1. The SMILES string of the molecule is O=C(O)c1cc(Cl)cc(Br)c1N1CC(S(=O)(=O)F)CC1=O. The fourth-order valence-electron chi connectivity index (χ4n) is 2.08. The molecule has 2 rings (SSSR count). The number of carbonyl (C=O) groups is 2. The standard InChI is InChI=1S/C11H8BrClFNO5S/c12-8-2-5(13)1-7(11(17)18)10(8)15-4-6(3-9(15)16)21(14,19)20/h1-2,6H,3-4H2,(H,17,18). The highest BCUT2D eigenvalue weighted by Crippen LogP contribution is 2.37. The number of aromatic carboxylic acids is 1. The van der Waals surface area contributed by atoms with Gasteiger partial charge < -0.3 is 10.0 Å². The zero-order valence-corrected chi connectivity index (χ0v) is 13.4. The number of halogens is 3. The van der Waals surface area contributed by atoms with Crippen LogP contribution >= 0.6 is 27.5 Å². The van der Waals surface area contributed by atoms with E-state index >= 15 is 0 Å². The van der Waals surface area contributed by atoms with E-state index in [-0.39, 0.29) is 20.7 Å². The van der Waals surface area contributed by atoms with Crippen molar-refractivity contribution in [1.82, 2.24) is 0 Å². The van der Waals surface area contributed by atoms with E-state index in [0.717, 1.165) is 11.0 Å². The van der Waals surface area contributed by atoms with Gasteiger partial charge in [-0.3, -0.25) is 4.79 Å². The van der Waals surface area contributed by atoms with Gasteiger partial charge in [0.25, 0.3) is 0 Å². The van der Waals surface area contributed by atoms with Crippen molar-refractivity contribution in [2.24, 2.45) is 0 Å². The van der Waals surface area contributed by atoms with Crippen molar-refractivity contribution in [2.75, 3.05) is 11.4 Å². The first-order chi connectivity index (χ1) is 9.61. The van der Waals surface area contributed by atoms with Gasteiger partial charge in [0.1, 0.15) is 5.25 Å². The second-order valence-electron chi connectivity index (χ2n) is 4.39. The second kappa shape index (κ2) is 5.54. The zero-order valence-electron chi connectivity index (χ0n) is 10.2. The van der Waals surface area contributed by atoms with E-state index in [4.69, 9.17) is 11.6 Å². The Kier molecular flexibility index (Phi) is 4.27. The first-order valence-electron chi connectivity index (χ1n) is 5.57. The summed E-state index contributed by atoms with van der Waals surface area (Å²) in [4.78, 5) is 24.1. The molecule has 0 radical (unpaired) electrons. The molecule has 1 aliphatic rings. The Morgan fingerprint density at radius 2 is 2.10 bits per heavy atom. The molecule has 0 bridgehead atoms. The van der Waals surface area contributed by atoms with Crippen LogP contribution in [0, 0.1) is 0 Å². The summed E-state index contributed by atoms with van der Waals surface area (Å²) in [6.45, 7) is -0.446. The lowest BCUT2D eigenvalue weighted by atomic mass is 10.1. The molecule has 1 heterocycles. The summed E-state index contributed by atoms with van der Waals surface area (Å²) in [6.07, 6.45) is -0.535. The number of hydrogen-bond donors (Lipinski definition) is 1. The number of amides is 1. The fraction of sp³-hybridized carbons (Fsp3) is 0.273. The van der Waals surface area contributed by atoms with Gasteiger partial charge in [-0.15, -0.1) is 3.89 Å². The quantitative estimate of drug-likeness (QED) is 0.786. The lowest BCUT2D eigenvalue weighted by Gasteiger charge is -2.20. The molecule has 0 saturated carbocycles. The average Bonchev–Trinajstić information content (AvgIpc) is 2.70. The number of rotatable bonds is 3. The number of hydrogen-bond acceptors (Lipinski definition) is 4. The Labute approximate surface area is 132 Å². The van der Waals surface area contributed by atoms with Crippen LogP contribution in [0.2, 0.25) is 5.02 Å². The molecule has 1 unspecified atom stereocenters. The molecular weight excluding hydrogens is 393 g/mol. The minimum absolute atomic E-state index is 0.0388. The Hall–Kier alpha value is -1.19. The molecule has 21 heavy (non-hydrogen) atoms. The topological polar surface area (TPSA) is 91.8 Å². The molecule has 10 heteroatoms. The maximum Gasteiger partial charge on any atom is 0.337 e. The Balaban J connectivity index is 2.53. The van der Waals surface area contributed by atoms with Crippen molar-refractivity contribution < 1.29 is 27.0 Å². The lowest BCUT2D eigenvalue weighted by molar-refractivity contribution is -0.117. The highest BCUT2D eigenvalue weighted by atomic mass is 79.9. The normalized spacial score (nSPS) is 19.1. The van der Waals surface area contributed by atoms with Crippen molar-refractivity contribution in [3.8, 4) is 0 Å². The molecule has 1 fully saturated rings. The number of carboxylic acid groups (broad SMARTS) is 1. The molecule has 0 aliphatic carbocycles. The van der Waals surface area contributed by atoms with Gasteiger partial charge in [-0.1, -0.05) is 11.6 Å². The monoisotopic (exact) mass is 399 g/mol. The van der Waals surface area contributed by atoms with Gasteiger partial charge >= 0.3 is 16.2 Å². The van der Waals surface area contributed by atoms with E-state index in [1.807, 2.05) is 0 Å². The minimum atomic E-state index is -4.88. The van der Waals surface area contributed by atoms with Crippen LogP contribution in [0.4, 0.5) is 9.57 Å². The molecule has 114 valence electrons. The van der Waals surface area contributed by atoms with Gasteiger partial charge in [0, 0.05) is 22.5 Å². The van der Waals surface area contributed by atoms with E-state index in [1.165, 1.54) is 6.07 Å². The van der Waals surface area contributed by atoms with Crippen molar-refractivity contribution in [3.05, 3.63) is 27.2 Å². The summed E-state index contributed by atoms with van der Waals surface area (Å²) >= 11 is 8.85. The van der Waals surface area contributed by atoms with Crippen LogP contribution in [-0.4, -0.2) is 37.2 Å². The van der Waals surface area contributed by atoms with E-state index in [0.29, 0.717) is 0 Å². The van der Waals surface area contributed by atoms with Crippen molar-refractivity contribution >= 4 is 55.3 Å². The Morgan fingerprint density at radius 1 is 1.48 bits per heavy atom. The highest BCUT2D eigenvalue weighted by Gasteiger charge is 2.41. The third-order valence-corrected chi connectivity index (χ3v) is 4.95. The van der Waals surface area contributed by atoms with E-state index < -0.39 is 40.3 Å². The van der Waals surface area contributed by atoms with Gasteiger partial charge in [0.2, 0.25) is 5.91 Å². The van der Waals surface area contributed by atoms with E-state index in [1.54, 1.807) is 0 Å². The van der Waals surface area contributed by atoms with Gasteiger partial charge in [-0.25, -0.2) is 4.79 Å². The molecule has 1 atom stereocenters. The van der Waals surface area contributed by atoms with Gasteiger partial charge in [-0.2, -0.15) is 8.42 Å². The molecule has 6 nitrogen and oxygen atoms in total. The van der Waals surface area contributed by atoms with Crippen LogP contribution in [0.15, 0.2) is 16.6 Å². The highest BCUT2D eigenvalue weighted by molar-refractivity contribution is 9.10. The predicted molar refractivity (Wildman–Crippen MR) is 76.9 cm³/mol. The third kappa shape index (κ3) is 3.19. The minimum Gasteiger partial charge on any atom is -0.478 e. The van der Waals surface area contributed by atoms with Crippen LogP contribution < -0.4 is 4.90 Å². The van der Waals surface area contributed by atoms with Crippen LogP contribution in [0.1, 0.15) is 16.8 Å². The molecule has 1 N–H and O–H groups in total. The summed E-state index contributed by atoms with van der Waals surface area (Å²) in [5.74, 6) is -2.01. The summed E-state index contributed by atoms with van der Waals surface area (Å²) in [6, 6.07) is 2.50. The number of carboxylic acids is 1. The smallest absolute Gasteiger partial charge is 0.337 e. The van der Waals surface area contributed by atoms with Crippen LogP contribution in [0.3, 0.4) is 0 Å². The summed E-state index contributed by atoms with van der Waals surface area (Å²) in [5.41, 5.74) is -0.317. The third-order valence-electron chi connectivity index (χ3n) is 3.02. The molecule has 0 spiro atoms. The fourth-order valence-corrected chi connectivity index (χ4v) is 3.78. The van der Waals surface area contributed by atoms with Gasteiger partial charge in [0.15, 0.2) is 0 Å². The Bertz CT molecular complexity index is 738. The summed E-state index contributed by atoms with van der Waals surface area (Å²) < 4.78 is 35.1. The second-order valence-corrected chi connectivity index (χ2v) is 7.30. The maximum absolute atomic E-state index is 13.0. The van der Waals surface area contributed by atoms with Crippen molar-refractivity contribution in [2.45, 2.75) is 11.7 Å². The molecular formula is C11H8BrClFNO5S. The molecule has 1 aromatic carbocycles. The van der Waals surface area contributed by atoms with Gasteiger partial charge in [0.05, 0.1) is 11.3 Å². The summed E-state index contributed by atoms with van der Waals surface area (Å²) in [5, 5.41) is 7.80. The Morgan fingerprint density at radius 3 is 2.57 bits per heavy atom. The number of nitrogens with zero attached hydrogens (tertiary/aromatic N) is 1. The first-order valence-corrected chi connectivity index (χ1v) is 8.19. The van der Waals surface area contributed by atoms with Crippen molar-refractivity contribution in [3.63, 3.8) is 0 Å². The predicted octanol–water partition coefficient (Wildman–Crippen LogP) is 2.21. The maximum atomic E-state index is 13.0. The van der Waals surface area contributed by atoms with Crippen LogP contribution in [0.25, 0.3) is 0 Å². The largest absolute Gasteiger partial charge is 0.478 e. The molecule has 1 aromatic rings. The van der Waals surface area contributed by atoms with Crippen LogP contribution in [-0.2, 0) is 15.0 Å². The van der Waals surface area contributed by atoms with E-state index in [2.05, 4.69) is 15.9 Å². The average molecular weight is 401 g/mol.